The largest absolute Gasteiger partial charge is 0.494 e. The zero-order valence-electron chi connectivity index (χ0n) is 11.5. The summed E-state index contributed by atoms with van der Waals surface area (Å²) in [6.07, 6.45) is 3.30. The predicted molar refractivity (Wildman–Crippen MR) is 79.1 cm³/mol. The zero-order chi connectivity index (χ0) is 14.1. The van der Waals surface area contributed by atoms with Gasteiger partial charge in [0.05, 0.1) is 18.1 Å². The number of benzene rings is 1. The Morgan fingerprint density at radius 3 is 2.32 bits per heavy atom. The van der Waals surface area contributed by atoms with E-state index >= 15 is 0 Å². The summed E-state index contributed by atoms with van der Waals surface area (Å²) in [7, 11) is -2.91. The first kappa shape index (κ1) is 15.8. The van der Waals surface area contributed by atoms with Gasteiger partial charge in [0.15, 0.2) is 0 Å². The van der Waals surface area contributed by atoms with Crippen LogP contribution < -0.4 is 10.5 Å². The third-order valence-corrected chi connectivity index (χ3v) is 4.63. The normalized spacial score (nSPS) is 11.4. The topological polar surface area (TPSA) is 69.4 Å². The molecule has 0 radical (unpaired) electrons. The number of ether oxygens (including phenoxy) is 1. The van der Waals surface area contributed by atoms with E-state index in [0.29, 0.717) is 24.5 Å². The molecule has 5 heteroatoms. The molecule has 108 valence electrons. The standard InChI is InChI=1S/C14H23NO3S/c1-2-3-4-11-19(16,17)12-5-10-18-14-8-6-13(15)7-9-14/h6-9H,2-5,10-12,15H2,1H3. The fourth-order valence-corrected chi connectivity index (χ4v) is 3.11. The molecule has 2 N–H and O–H groups in total. The van der Waals surface area contributed by atoms with Gasteiger partial charge in [-0.25, -0.2) is 8.42 Å². The van der Waals surface area contributed by atoms with E-state index in [1.807, 2.05) is 0 Å². The first-order valence-electron chi connectivity index (χ1n) is 6.72. The van der Waals surface area contributed by atoms with Crippen LogP contribution in [0.2, 0.25) is 0 Å². The van der Waals surface area contributed by atoms with Crippen LogP contribution in [-0.4, -0.2) is 26.5 Å². The van der Waals surface area contributed by atoms with Gasteiger partial charge in [0, 0.05) is 5.69 Å². The molecular formula is C14H23NO3S. The lowest BCUT2D eigenvalue weighted by Crippen LogP contribution is -2.13. The minimum atomic E-state index is -2.91. The van der Waals surface area contributed by atoms with Crippen LogP contribution >= 0.6 is 0 Å². The molecule has 0 saturated heterocycles. The van der Waals surface area contributed by atoms with E-state index in [1.165, 1.54) is 0 Å². The van der Waals surface area contributed by atoms with Gasteiger partial charge < -0.3 is 10.5 Å². The van der Waals surface area contributed by atoms with Crippen molar-refractivity contribution in [3.8, 4) is 5.75 Å². The molecule has 1 aromatic rings. The molecule has 19 heavy (non-hydrogen) atoms. The average Bonchev–Trinajstić information content (AvgIpc) is 2.37. The third-order valence-electron chi connectivity index (χ3n) is 2.81. The molecule has 0 amide bonds. The summed E-state index contributed by atoms with van der Waals surface area (Å²) < 4.78 is 28.8. The summed E-state index contributed by atoms with van der Waals surface area (Å²) in [5.41, 5.74) is 6.25. The molecule has 0 fully saturated rings. The summed E-state index contributed by atoms with van der Waals surface area (Å²) in [5, 5.41) is 0. The van der Waals surface area contributed by atoms with Crippen LogP contribution in [0.25, 0.3) is 0 Å². The fraction of sp³-hybridized carbons (Fsp3) is 0.571. The molecule has 0 spiro atoms. The lowest BCUT2D eigenvalue weighted by atomic mass is 10.3. The van der Waals surface area contributed by atoms with Gasteiger partial charge in [-0.2, -0.15) is 0 Å². The zero-order valence-corrected chi connectivity index (χ0v) is 12.3. The third kappa shape index (κ3) is 7.06. The van der Waals surface area contributed by atoms with E-state index in [0.717, 1.165) is 25.0 Å². The van der Waals surface area contributed by atoms with Gasteiger partial charge in [0.2, 0.25) is 0 Å². The lowest BCUT2D eigenvalue weighted by Gasteiger charge is -2.07. The molecule has 0 heterocycles. The summed E-state index contributed by atoms with van der Waals surface area (Å²) in [5.74, 6) is 1.21. The molecule has 1 aromatic carbocycles. The molecule has 0 aliphatic heterocycles. The first-order valence-corrected chi connectivity index (χ1v) is 8.54. The Bertz CT molecular complexity index is 454. The number of unbranched alkanes of at least 4 members (excludes halogenated alkanes) is 2. The minimum Gasteiger partial charge on any atom is -0.494 e. The van der Waals surface area contributed by atoms with Crippen molar-refractivity contribution in [2.45, 2.75) is 32.6 Å². The second kappa shape index (κ2) is 8.04. The Kier molecular flexibility index (Phi) is 6.70. The second-order valence-corrected chi connectivity index (χ2v) is 6.93. The number of sulfone groups is 1. The van der Waals surface area contributed by atoms with Gasteiger partial charge in [-0.1, -0.05) is 19.8 Å². The Morgan fingerprint density at radius 2 is 1.68 bits per heavy atom. The van der Waals surface area contributed by atoms with E-state index in [-0.39, 0.29) is 5.75 Å². The maximum Gasteiger partial charge on any atom is 0.150 e. The van der Waals surface area contributed by atoms with Gasteiger partial charge in [-0.15, -0.1) is 0 Å². The Balaban J connectivity index is 2.21. The van der Waals surface area contributed by atoms with Crippen LogP contribution in [0.1, 0.15) is 32.6 Å². The number of rotatable bonds is 9. The Hall–Kier alpha value is -1.23. The van der Waals surface area contributed by atoms with Gasteiger partial charge in [-0.05, 0) is 37.1 Å². The predicted octanol–water partition coefficient (Wildman–Crippen LogP) is 2.64. The smallest absolute Gasteiger partial charge is 0.150 e. The van der Waals surface area contributed by atoms with Crippen LogP contribution in [0, 0.1) is 0 Å². The highest BCUT2D eigenvalue weighted by Crippen LogP contribution is 2.13. The number of nitrogens with two attached hydrogens (primary N) is 1. The summed E-state index contributed by atoms with van der Waals surface area (Å²) in [4.78, 5) is 0. The Morgan fingerprint density at radius 1 is 1.05 bits per heavy atom. The van der Waals surface area contributed by atoms with E-state index in [4.69, 9.17) is 10.5 Å². The minimum absolute atomic E-state index is 0.200. The molecular weight excluding hydrogens is 262 g/mol. The fourth-order valence-electron chi connectivity index (χ4n) is 1.71. The highest BCUT2D eigenvalue weighted by molar-refractivity contribution is 7.91. The number of anilines is 1. The molecule has 1 rings (SSSR count). The van der Waals surface area contributed by atoms with Crippen LogP contribution in [-0.2, 0) is 9.84 Å². The molecule has 0 aliphatic rings. The number of nitrogen functional groups attached to an aromatic ring is 1. The quantitative estimate of drug-likeness (QED) is 0.559. The maximum atomic E-state index is 11.7. The van der Waals surface area contributed by atoms with Crippen molar-refractivity contribution >= 4 is 15.5 Å². The second-order valence-electron chi connectivity index (χ2n) is 4.63. The van der Waals surface area contributed by atoms with Gasteiger partial charge in [0.25, 0.3) is 0 Å². The van der Waals surface area contributed by atoms with Crippen LogP contribution in [0.4, 0.5) is 5.69 Å². The van der Waals surface area contributed by atoms with Crippen molar-refractivity contribution in [2.24, 2.45) is 0 Å². The highest BCUT2D eigenvalue weighted by Gasteiger charge is 2.09. The van der Waals surface area contributed by atoms with Crippen LogP contribution in [0.5, 0.6) is 5.75 Å². The van der Waals surface area contributed by atoms with Crippen LogP contribution in [0.15, 0.2) is 24.3 Å². The van der Waals surface area contributed by atoms with Crippen molar-refractivity contribution in [2.75, 3.05) is 23.8 Å². The van der Waals surface area contributed by atoms with E-state index in [1.54, 1.807) is 24.3 Å². The van der Waals surface area contributed by atoms with E-state index in [9.17, 15) is 8.42 Å². The van der Waals surface area contributed by atoms with Crippen molar-refractivity contribution in [1.82, 2.24) is 0 Å². The van der Waals surface area contributed by atoms with E-state index < -0.39 is 9.84 Å². The van der Waals surface area contributed by atoms with Gasteiger partial charge >= 0.3 is 0 Å². The van der Waals surface area contributed by atoms with Crippen molar-refractivity contribution in [3.63, 3.8) is 0 Å². The first-order chi connectivity index (χ1) is 9.03. The lowest BCUT2D eigenvalue weighted by molar-refractivity contribution is 0.317. The van der Waals surface area contributed by atoms with Crippen LogP contribution in [0.3, 0.4) is 0 Å². The van der Waals surface area contributed by atoms with Crippen molar-refractivity contribution in [1.29, 1.82) is 0 Å². The molecule has 0 unspecified atom stereocenters. The summed E-state index contributed by atoms with van der Waals surface area (Å²) in [6.45, 7) is 2.48. The van der Waals surface area contributed by atoms with Crippen molar-refractivity contribution < 1.29 is 13.2 Å². The SMILES string of the molecule is CCCCCS(=O)(=O)CCCOc1ccc(N)cc1. The average molecular weight is 285 g/mol. The van der Waals surface area contributed by atoms with E-state index in [2.05, 4.69) is 6.92 Å². The number of hydrogen-bond acceptors (Lipinski definition) is 4. The number of hydrogen-bond donors (Lipinski definition) is 1. The van der Waals surface area contributed by atoms with Gasteiger partial charge in [-0.3, -0.25) is 0 Å². The monoisotopic (exact) mass is 285 g/mol. The summed E-state index contributed by atoms with van der Waals surface area (Å²) in [6, 6.07) is 7.09. The molecule has 0 saturated carbocycles. The highest BCUT2D eigenvalue weighted by atomic mass is 32.2. The molecule has 0 atom stereocenters. The Labute approximate surface area is 115 Å². The maximum absolute atomic E-state index is 11.7. The van der Waals surface area contributed by atoms with Crippen molar-refractivity contribution in [3.05, 3.63) is 24.3 Å². The molecule has 0 bridgehead atoms. The molecule has 0 aromatic heterocycles. The molecule has 0 aliphatic carbocycles. The summed E-state index contributed by atoms with van der Waals surface area (Å²) >= 11 is 0. The van der Waals surface area contributed by atoms with Gasteiger partial charge in [0.1, 0.15) is 15.6 Å². The molecule has 4 nitrogen and oxygen atoms in total.